The van der Waals surface area contributed by atoms with Crippen molar-refractivity contribution in [2.45, 2.75) is 24.2 Å². The molecule has 0 aromatic heterocycles. The lowest BCUT2D eigenvalue weighted by molar-refractivity contribution is -0.116. The maximum Gasteiger partial charge on any atom is 0.240 e. The van der Waals surface area contributed by atoms with Gasteiger partial charge in [0, 0.05) is 17.3 Å². The van der Waals surface area contributed by atoms with Crippen LogP contribution in [0.15, 0.2) is 53.4 Å². The van der Waals surface area contributed by atoms with Gasteiger partial charge in [0.05, 0.1) is 17.9 Å². The van der Waals surface area contributed by atoms with Gasteiger partial charge in [-0.1, -0.05) is 17.7 Å². The molecule has 6 nitrogen and oxygen atoms in total. The smallest absolute Gasteiger partial charge is 0.240 e. The molecule has 1 saturated carbocycles. The van der Waals surface area contributed by atoms with E-state index in [1.54, 1.807) is 36.4 Å². The Bertz CT molecular complexity index is 896. The first kappa shape index (κ1) is 19.7. The number of sulfonamides is 1. The van der Waals surface area contributed by atoms with Gasteiger partial charge in [-0.25, -0.2) is 13.1 Å². The van der Waals surface area contributed by atoms with E-state index >= 15 is 0 Å². The van der Waals surface area contributed by atoms with Gasteiger partial charge in [-0.05, 0) is 61.2 Å². The number of hydrogen-bond donors (Lipinski definition) is 2. The minimum Gasteiger partial charge on any atom is -0.493 e. The Balaban J connectivity index is 1.46. The van der Waals surface area contributed by atoms with Gasteiger partial charge in [-0.2, -0.15) is 0 Å². The highest BCUT2D eigenvalue weighted by molar-refractivity contribution is 7.89. The van der Waals surface area contributed by atoms with Gasteiger partial charge in [0.15, 0.2) is 0 Å². The average molecular weight is 409 g/mol. The number of hydrogen-bond acceptors (Lipinski definition) is 4. The highest BCUT2D eigenvalue weighted by Crippen LogP contribution is 2.28. The minimum absolute atomic E-state index is 0.162. The van der Waals surface area contributed by atoms with Crippen LogP contribution in [-0.2, 0) is 14.8 Å². The highest BCUT2D eigenvalue weighted by Gasteiger charge is 2.24. The van der Waals surface area contributed by atoms with Crippen molar-refractivity contribution >= 4 is 33.2 Å². The fourth-order valence-electron chi connectivity index (χ4n) is 2.39. The average Bonchev–Trinajstić information content (AvgIpc) is 3.45. The number of amides is 1. The molecule has 144 valence electrons. The van der Waals surface area contributed by atoms with Crippen molar-refractivity contribution in [1.29, 1.82) is 0 Å². The van der Waals surface area contributed by atoms with Gasteiger partial charge < -0.3 is 10.1 Å². The highest BCUT2D eigenvalue weighted by atomic mass is 35.5. The largest absolute Gasteiger partial charge is 0.493 e. The second-order valence-corrected chi connectivity index (χ2v) is 8.63. The molecule has 1 aliphatic carbocycles. The van der Waals surface area contributed by atoms with E-state index in [9.17, 15) is 13.2 Å². The maximum atomic E-state index is 12.2. The van der Waals surface area contributed by atoms with E-state index in [1.807, 2.05) is 0 Å². The lowest BCUT2D eigenvalue weighted by atomic mass is 10.3. The SMILES string of the molecule is O=C(CCOc1cccc(Cl)c1)Nc1ccc(S(=O)(=O)NCC2CC2)cc1. The van der Waals surface area contributed by atoms with E-state index in [2.05, 4.69) is 10.0 Å². The van der Waals surface area contributed by atoms with Gasteiger partial charge in [-0.3, -0.25) is 4.79 Å². The van der Waals surface area contributed by atoms with Crippen LogP contribution in [0.2, 0.25) is 5.02 Å². The third kappa shape index (κ3) is 6.23. The fraction of sp³-hybridized carbons (Fsp3) is 0.316. The van der Waals surface area contributed by atoms with Crippen molar-refractivity contribution in [2.24, 2.45) is 5.92 Å². The molecule has 0 heterocycles. The Morgan fingerprint density at radius 3 is 2.56 bits per heavy atom. The van der Waals surface area contributed by atoms with Crippen molar-refractivity contribution in [2.75, 3.05) is 18.5 Å². The molecule has 0 bridgehead atoms. The van der Waals surface area contributed by atoms with E-state index in [0.717, 1.165) is 12.8 Å². The molecule has 0 unspecified atom stereocenters. The molecule has 27 heavy (non-hydrogen) atoms. The van der Waals surface area contributed by atoms with Gasteiger partial charge in [0.25, 0.3) is 0 Å². The Hall–Kier alpha value is -2.09. The Morgan fingerprint density at radius 1 is 1.15 bits per heavy atom. The van der Waals surface area contributed by atoms with E-state index in [0.29, 0.717) is 28.9 Å². The minimum atomic E-state index is -3.50. The summed E-state index contributed by atoms with van der Waals surface area (Å²) in [5.74, 6) is 0.843. The quantitative estimate of drug-likeness (QED) is 0.665. The first-order valence-electron chi connectivity index (χ1n) is 8.70. The van der Waals surface area contributed by atoms with Crippen LogP contribution in [0.3, 0.4) is 0 Å². The van der Waals surface area contributed by atoms with Crippen LogP contribution in [0, 0.1) is 5.92 Å². The third-order valence-corrected chi connectivity index (χ3v) is 5.78. The van der Waals surface area contributed by atoms with Crippen molar-refractivity contribution in [1.82, 2.24) is 4.72 Å². The number of anilines is 1. The second kappa shape index (κ2) is 8.73. The third-order valence-electron chi connectivity index (χ3n) is 4.10. The summed E-state index contributed by atoms with van der Waals surface area (Å²) < 4.78 is 32.4. The van der Waals surface area contributed by atoms with Gasteiger partial charge in [-0.15, -0.1) is 0 Å². The predicted octanol–water partition coefficient (Wildman–Crippen LogP) is 3.44. The summed E-state index contributed by atoms with van der Waals surface area (Å²) in [7, 11) is -3.50. The molecule has 0 atom stereocenters. The van der Waals surface area contributed by atoms with Crippen LogP contribution in [-0.4, -0.2) is 27.5 Å². The predicted molar refractivity (Wildman–Crippen MR) is 105 cm³/mol. The van der Waals surface area contributed by atoms with Gasteiger partial charge in [0.1, 0.15) is 5.75 Å². The molecular formula is C19H21ClN2O4S. The molecule has 0 radical (unpaired) electrons. The van der Waals surface area contributed by atoms with Gasteiger partial charge >= 0.3 is 0 Å². The molecule has 0 aliphatic heterocycles. The summed E-state index contributed by atoms with van der Waals surface area (Å²) in [5.41, 5.74) is 0.531. The van der Waals surface area contributed by atoms with Crippen molar-refractivity contribution in [3.05, 3.63) is 53.6 Å². The molecule has 2 aromatic carbocycles. The summed E-state index contributed by atoms with van der Waals surface area (Å²) in [5, 5.41) is 3.29. The molecule has 2 N–H and O–H groups in total. The first-order valence-corrected chi connectivity index (χ1v) is 10.6. The lowest BCUT2D eigenvalue weighted by Gasteiger charge is -2.09. The number of halogens is 1. The summed E-state index contributed by atoms with van der Waals surface area (Å²) in [6, 6.07) is 13.1. The number of rotatable bonds is 9. The molecule has 1 fully saturated rings. The summed E-state index contributed by atoms with van der Waals surface area (Å²) in [6.07, 6.45) is 2.32. The van der Waals surface area contributed by atoms with Crippen LogP contribution in [0.25, 0.3) is 0 Å². The monoisotopic (exact) mass is 408 g/mol. The van der Waals surface area contributed by atoms with E-state index in [1.165, 1.54) is 12.1 Å². The molecule has 2 aromatic rings. The van der Waals surface area contributed by atoms with Crippen molar-refractivity contribution in [3.63, 3.8) is 0 Å². The zero-order chi connectivity index (χ0) is 19.3. The molecule has 1 aliphatic rings. The second-order valence-electron chi connectivity index (χ2n) is 6.42. The Morgan fingerprint density at radius 2 is 1.89 bits per heavy atom. The van der Waals surface area contributed by atoms with Crippen LogP contribution in [0.1, 0.15) is 19.3 Å². The van der Waals surface area contributed by atoms with E-state index in [4.69, 9.17) is 16.3 Å². The zero-order valence-corrected chi connectivity index (χ0v) is 16.2. The molecule has 8 heteroatoms. The molecule has 0 spiro atoms. The van der Waals surface area contributed by atoms with Crippen LogP contribution in [0.5, 0.6) is 5.75 Å². The maximum absolute atomic E-state index is 12.2. The fourth-order valence-corrected chi connectivity index (χ4v) is 3.69. The number of carbonyl (C=O) groups is 1. The Kier molecular flexibility index (Phi) is 6.36. The van der Waals surface area contributed by atoms with Crippen LogP contribution >= 0.6 is 11.6 Å². The van der Waals surface area contributed by atoms with Crippen molar-refractivity contribution in [3.8, 4) is 5.75 Å². The van der Waals surface area contributed by atoms with E-state index in [-0.39, 0.29) is 23.8 Å². The van der Waals surface area contributed by atoms with Gasteiger partial charge in [0.2, 0.25) is 15.9 Å². The zero-order valence-electron chi connectivity index (χ0n) is 14.7. The number of carbonyl (C=O) groups excluding carboxylic acids is 1. The molecular weight excluding hydrogens is 388 g/mol. The summed E-state index contributed by atoms with van der Waals surface area (Å²) in [4.78, 5) is 12.2. The number of ether oxygens (including phenoxy) is 1. The molecule has 0 saturated heterocycles. The molecule has 1 amide bonds. The van der Waals surface area contributed by atoms with Crippen molar-refractivity contribution < 1.29 is 17.9 Å². The van der Waals surface area contributed by atoms with Crippen LogP contribution < -0.4 is 14.8 Å². The first-order chi connectivity index (χ1) is 12.9. The normalized spacial score (nSPS) is 14.0. The van der Waals surface area contributed by atoms with Crippen LogP contribution in [0.4, 0.5) is 5.69 Å². The summed E-state index contributed by atoms with van der Waals surface area (Å²) >= 11 is 5.87. The summed E-state index contributed by atoms with van der Waals surface area (Å²) in [6.45, 7) is 0.692. The number of benzene rings is 2. The standard InChI is InChI=1S/C19H21ClN2O4S/c20-15-2-1-3-17(12-15)26-11-10-19(23)22-16-6-8-18(9-7-16)27(24,25)21-13-14-4-5-14/h1-3,6-9,12,14,21H,4-5,10-11,13H2,(H,22,23). The topological polar surface area (TPSA) is 84.5 Å². The van der Waals surface area contributed by atoms with E-state index < -0.39 is 10.0 Å². The molecule has 3 rings (SSSR count). The Labute approximate surface area is 163 Å². The lowest BCUT2D eigenvalue weighted by Crippen LogP contribution is -2.25. The number of nitrogens with one attached hydrogen (secondary N) is 2.